The topological polar surface area (TPSA) is 17.1 Å². The molecule has 0 N–H and O–H groups in total. The molecule has 0 aromatic heterocycles. The molecular formula is H6AlMgOP. The Balaban J connectivity index is -0.000000000833. The van der Waals surface area contributed by atoms with Crippen LogP contribution in [0.5, 0.6) is 0 Å². The van der Waals surface area contributed by atoms with Crippen LogP contribution in [0, 0.1) is 0 Å². The molecule has 4 heavy (non-hydrogen) atoms. The summed E-state index contributed by atoms with van der Waals surface area (Å²) in [5.74, 6) is 0. The first-order chi connectivity index (χ1) is 1.00. The Morgan fingerprint density at radius 2 is 1.50 bits per heavy atom. The van der Waals surface area contributed by atoms with Crippen LogP contribution in [0.25, 0.3) is 0 Å². The third-order valence-corrected chi connectivity index (χ3v) is 0. The summed E-state index contributed by atoms with van der Waals surface area (Å²) in [7, 11) is 1.72. The van der Waals surface area contributed by atoms with Crippen molar-refractivity contribution >= 4 is 49.5 Å². The largest absolute Gasteiger partial charge is 2.00 e. The minimum absolute atomic E-state index is 0. The summed E-state index contributed by atoms with van der Waals surface area (Å²) in [6.45, 7) is 0. The van der Waals surface area contributed by atoms with Gasteiger partial charge in [0.25, 0.3) is 0 Å². The molecule has 0 saturated carbocycles. The van der Waals surface area contributed by atoms with Gasteiger partial charge in [-0.2, -0.15) is 0 Å². The Morgan fingerprint density at radius 1 is 1.50 bits per heavy atom. The number of hydrogen-bond acceptors (Lipinski definition) is 1. The van der Waals surface area contributed by atoms with Crippen molar-refractivity contribution in [2.75, 3.05) is 0 Å². The molecule has 0 aliphatic carbocycles. The van der Waals surface area contributed by atoms with Crippen LogP contribution in [0.1, 0.15) is 2.85 Å². The molecule has 0 bridgehead atoms. The van der Waals surface area contributed by atoms with Gasteiger partial charge >= 0.3 is 23.1 Å². The van der Waals surface area contributed by atoms with Gasteiger partial charge in [-0.25, -0.2) is 0 Å². The van der Waals surface area contributed by atoms with Gasteiger partial charge < -0.3 is 2.85 Å². The Kier molecular flexibility index (Phi) is 118. The van der Waals surface area contributed by atoms with Gasteiger partial charge in [-0.3, -0.25) is 4.57 Å². The molecule has 0 aliphatic rings. The SMILES string of the molecule is O=P.[AlH3].[H-].[H-].[Mg+2]. The van der Waals surface area contributed by atoms with Crippen LogP contribution in [-0.4, -0.2) is 40.4 Å². The molecule has 0 heterocycles. The van der Waals surface area contributed by atoms with Crippen LogP contribution in [-0.2, 0) is 4.57 Å². The van der Waals surface area contributed by atoms with Crippen molar-refractivity contribution in [3.8, 4) is 0 Å². The fraction of sp³-hybridized carbons (Fsp3) is 0. The van der Waals surface area contributed by atoms with Crippen molar-refractivity contribution in [2.24, 2.45) is 0 Å². The average Bonchev–Trinajstić information content (AvgIpc) is 1.00. The second-order valence-electron chi connectivity index (χ2n) is 0. The van der Waals surface area contributed by atoms with Gasteiger partial charge in [-0.15, -0.1) is 0 Å². The first-order valence-corrected chi connectivity index (χ1v) is 0.612. The van der Waals surface area contributed by atoms with E-state index in [2.05, 4.69) is 0 Å². The molecule has 0 atom stereocenters. The van der Waals surface area contributed by atoms with Gasteiger partial charge in [-0.1, -0.05) is 0 Å². The zero-order chi connectivity index (χ0) is 2.00. The minimum atomic E-state index is 0. The molecule has 0 radical (unpaired) electrons. The maximum absolute atomic E-state index is 8.06. The second-order valence-corrected chi connectivity index (χ2v) is 0. The number of hydrogen-bond donors (Lipinski definition) is 0. The molecule has 0 unspecified atom stereocenters. The van der Waals surface area contributed by atoms with E-state index in [1.807, 2.05) is 0 Å². The average molecular weight is 104 g/mol. The minimum Gasteiger partial charge on any atom is -1.00 e. The summed E-state index contributed by atoms with van der Waals surface area (Å²) in [5, 5.41) is 0. The summed E-state index contributed by atoms with van der Waals surface area (Å²) in [5.41, 5.74) is 0. The van der Waals surface area contributed by atoms with E-state index < -0.39 is 0 Å². The van der Waals surface area contributed by atoms with E-state index in [1.165, 1.54) is 0 Å². The predicted molar refractivity (Wildman–Crippen MR) is 26.9 cm³/mol. The molecule has 0 saturated heterocycles. The quantitative estimate of drug-likeness (QED) is 0.289. The number of rotatable bonds is 0. The molecule has 0 aliphatic heterocycles. The molecule has 22 valence electrons. The van der Waals surface area contributed by atoms with Crippen LogP contribution in [0.3, 0.4) is 0 Å². The Bertz CT molecular complexity index is 13.5. The maximum atomic E-state index is 8.06. The van der Waals surface area contributed by atoms with Crippen molar-refractivity contribution in [3.63, 3.8) is 0 Å². The van der Waals surface area contributed by atoms with Crippen LogP contribution in [0.2, 0.25) is 0 Å². The van der Waals surface area contributed by atoms with Gasteiger partial charge in [0.1, 0.15) is 9.12 Å². The summed E-state index contributed by atoms with van der Waals surface area (Å²) >= 11 is 0. The zero-order valence-electron chi connectivity index (χ0n) is 3.62. The smallest absolute Gasteiger partial charge is 1.00 e. The molecule has 1 nitrogen and oxygen atoms in total. The molecule has 0 rings (SSSR count). The summed E-state index contributed by atoms with van der Waals surface area (Å²) < 4.78 is 8.06. The monoisotopic (exact) mass is 104 g/mol. The first kappa shape index (κ1) is 18.2. The van der Waals surface area contributed by atoms with Crippen molar-refractivity contribution in [3.05, 3.63) is 0 Å². The third-order valence-electron chi connectivity index (χ3n) is 0. The molecule has 0 aromatic carbocycles. The predicted octanol–water partition coefficient (Wildman–Crippen LogP) is -0.865. The fourth-order valence-electron chi connectivity index (χ4n) is 0. The van der Waals surface area contributed by atoms with E-state index in [-0.39, 0.29) is 43.3 Å². The maximum Gasteiger partial charge on any atom is 2.00 e. The molecular weight excluding hydrogens is 98.3 g/mol. The second kappa shape index (κ2) is 26.0. The first-order valence-electron chi connectivity index (χ1n) is 0.204. The standard InChI is InChI=1S/Al.Mg.HOP.5H/c;;1-2;;;;;/h;;2H;;;;;/q;+2;;;;;2*-1. The molecule has 0 amide bonds. The van der Waals surface area contributed by atoms with Gasteiger partial charge in [0.05, 0.1) is 0 Å². The zero-order valence-corrected chi connectivity index (χ0v) is 4.03. The van der Waals surface area contributed by atoms with Gasteiger partial charge in [0.2, 0.25) is 0 Å². The Morgan fingerprint density at radius 3 is 1.50 bits per heavy atom. The van der Waals surface area contributed by atoms with Crippen LogP contribution < -0.4 is 0 Å². The normalized spacial score (nSPS) is 1.00. The summed E-state index contributed by atoms with van der Waals surface area (Å²) in [6.07, 6.45) is 0. The van der Waals surface area contributed by atoms with E-state index in [9.17, 15) is 0 Å². The molecule has 0 spiro atoms. The van der Waals surface area contributed by atoms with E-state index in [1.54, 1.807) is 9.12 Å². The van der Waals surface area contributed by atoms with Crippen molar-refractivity contribution in [1.29, 1.82) is 0 Å². The van der Waals surface area contributed by atoms with Gasteiger partial charge in [0.15, 0.2) is 17.4 Å². The van der Waals surface area contributed by atoms with Gasteiger partial charge in [-0.05, 0) is 0 Å². The Labute approximate surface area is 57.0 Å². The van der Waals surface area contributed by atoms with E-state index >= 15 is 0 Å². The van der Waals surface area contributed by atoms with Crippen molar-refractivity contribution in [2.45, 2.75) is 0 Å². The fourth-order valence-corrected chi connectivity index (χ4v) is 0. The van der Waals surface area contributed by atoms with Gasteiger partial charge in [0, 0.05) is 0 Å². The van der Waals surface area contributed by atoms with E-state index in [0.717, 1.165) is 0 Å². The molecule has 4 heteroatoms. The third kappa shape index (κ3) is 10.00. The molecule has 0 fully saturated rings. The van der Waals surface area contributed by atoms with Crippen LogP contribution in [0.15, 0.2) is 0 Å². The van der Waals surface area contributed by atoms with E-state index in [4.69, 9.17) is 4.57 Å². The molecule has 0 aromatic rings. The summed E-state index contributed by atoms with van der Waals surface area (Å²) in [4.78, 5) is 0. The van der Waals surface area contributed by atoms with Crippen LogP contribution >= 0.6 is 9.12 Å². The van der Waals surface area contributed by atoms with E-state index in [0.29, 0.717) is 0 Å². The van der Waals surface area contributed by atoms with Crippen molar-refractivity contribution in [1.82, 2.24) is 0 Å². The Hall–Kier alpha value is 1.40. The van der Waals surface area contributed by atoms with Crippen LogP contribution in [0.4, 0.5) is 0 Å². The van der Waals surface area contributed by atoms with Crippen molar-refractivity contribution < 1.29 is 7.42 Å². The summed E-state index contributed by atoms with van der Waals surface area (Å²) in [6, 6.07) is 0.